The predicted octanol–water partition coefficient (Wildman–Crippen LogP) is -1.23. The van der Waals surface area contributed by atoms with Gasteiger partial charge in [0.1, 0.15) is 58.9 Å². The number of hydrogen-bond acceptors (Lipinski definition) is 14. The van der Waals surface area contributed by atoms with E-state index in [1.54, 1.807) is 12.1 Å². The standard InChI is InChI=1S/C28H34O14/c1-38-19-4-12(2-3-17(19)42-27-26(36)28(37,10-30)11-39-27)18-8-16(32)22-15(31)6-14(7-20(22)41-18)40-21-5-13(9-29)23(33)25(35)24(21)34/h2-4,6-7,13,18,21,23-27,29-31,33-37H,5,8-11H2,1H3/t13-,18+,21-,23-,24+,25+,26+,27+,28-/m1/s1. The lowest BCUT2D eigenvalue weighted by atomic mass is 9.81. The molecule has 14 heteroatoms. The summed E-state index contributed by atoms with van der Waals surface area (Å²) in [4.78, 5) is 13.0. The van der Waals surface area contributed by atoms with Gasteiger partial charge >= 0.3 is 0 Å². The van der Waals surface area contributed by atoms with Crippen molar-refractivity contribution in [3.8, 4) is 28.7 Å². The Morgan fingerprint density at radius 3 is 2.43 bits per heavy atom. The van der Waals surface area contributed by atoms with Crippen LogP contribution in [-0.4, -0.2) is 116 Å². The van der Waals surface area contributed by atoms with E-state index in [-0.39, 0.29) is 48.0 Å². The van der Waals surface area contributed by atoms with E-state index in [1.165, 1.54) is 25.3 Å². The Morgan fingerprint density at radius 1 is 1.00 bits per heavy atom. The van der Waals surface area contributed by atoms with Crippen LogP contribution in [0.3, 0.4) is 0 Å². The maximum absolute atomic E-state index is 13.0. The van der Waals surface area contributed by atoms with Crippen LogP contribution in [0.5, 0.6) is 28.7 Å². The van der Waals surface area contributed by atoms with Gasteiger partial charge in [0.2, 0.25) is 6.29 Å². The van der Waals surface area contributed by atoms with E-state index < -0.39 is 79.2 Å². The third kappa shape index (κ3) is 5.47. The van der Waals surface area contributed by atoms with Gasteiger partial charge in [-0.2, -0.15) is 0 Å². The van der Waals surface area contributed by atoms with Gasteiger partial charge in [-0.1, -0.05) is 6.07 Å². The molecule has 1 saturated carbocycles. The van der Waals surface area contributed by atoms with Crippen LogP contribution in [-0.2, 0) is 4.74 Å². The topological polar surface area (TPSA) is 225 Å². The third-order valence-corrected chi connectivity index (χ3v) is 7.98. The van der Waals surface area contributed by atoms with Gasteiger partial charge < -0.3 is 64.5 Å². The second-order valence-corrected chi connectivity index (χ2v) is 10.8. The van der Waals surface area contributed by atoms with E-state index in [9.17, 15) is 45.6 Å². The number of ketones is 1. The van der Waals surface area contributed by atoms with Crippen LogP contribution in [0.15, 0.2) is 30.3 Å². The van der Waals surface area contributed by atoms with E-state index in [2.05, 4.69) is 0 Å². The molecule has 0 spiro atoms. The number of carbonyl (C=O) groups excluding carboxylic acids is 1. The molecule has 0 bridgehead atoms. The summed E-state index contributed by atoms with van der Waals surface area (Å²) in [5.74, 6) is -1.16. The smallest absolute Gasteiger partial charge is 0.229 e. The van der Waals surface area contributed by atoms with Crippen LogP contribution < -0.4 is 18.9 Å². The molecule has 230 valence electrons. The van der Waals surface area contributed by atoms with Gasteiger partial charge in [-0.15, -0.1) is 0 Å². The molecule has 2 heterocycles. The van der Waals surface area contributed by atoms with Crippen molar-refractivity contribution in [1.82, 2.24) is 0 Å². The number of Topliss-reactive ketones (excluding diaryl/α,β-unsaturated/α-hetero) is 1. The largest absolute Gasteiger partial charge is 0.507 e. The minimum Gasteiger partial charge on any atom is -0.507 e. The Balaban J connectivity index is 1.35. The minimum atomic E-state index is -1.87. The van der Waals surface area contributed by atoms with Gasteiger partial charge in [-0.3, -0.25) is 4.79 Å². The molecular weight excluding hydrogens is 560 g/mol. The SMILES string of the molecule is COc1cc([C@@H]2CC(=O)c3c(O)cc(O[C@@H]4C[C@H](CO)[C@@H](O)[C@H](O)[C@H]4O)cc3O2)ccc1O[C@@H]1OC[C@](O)(CO)[C@H]1O. The average Bonchev–Trinajstić information content (AvgIpc) is 3.26. The molecule has 0 aromatic heterocycles. The molecule has 2 aromatic rings. The summed E-state index contributed by atoms with van der Waals surface area (Å²) in [5, 5.41) is 80.6. The number of phenolic OH excluding ortho intramolecular Hbond substituents is 1. The molecular formula is C28H34O14. The summed E-state index contributed by atoms with van der Waals surface area (Å²) in [7, 11) is 1.38. The number of aromatic hydroxyl groups is 1. The number of ether oxygens (including phenoxy) is 5. The summed E-state index contributed by atoms with van der Waals surface area (Å²) in [6, 6.07) is 7.21. The first kappa shape index (κ1) is 30.3. The van der Waals surface area contributed by atoms with E-state index in [4.69, 9.17) is 23.7 Å². The van der Waals surface area contributed by atoms with Gasteiger partial charge in [0.15, 0.2) is 17.3 Å². The van der Waals surface area contributed by atoms with Crippen molar-refractivity contribution in [2.75, 3.05) is 26.9 Å². The summed E-state index contributed by atoms with van der Waals surface area (Å²) >= 11 is 0. The predicted molar refractivity (Wildman–Crippen MR) is 139 cm³/mol. The Labute approximate surface area is 239 Å². The Hall–Kier alpha value is -3.21. The zero-order chi connectivity index (χ0) is 30.3. The van der Waals surface area contributed by atoms with Gasteiger partial charge in [-0.25, -0.2) is 0 Å². The number of aliphatic hydroxyl groups excluding tert-OH is 6. The second kappa shape index (κ2) is 11.8. The second-order valence-electron chi connectivity index (χ2n) is 10.8. The van der Waals surface area contributed by atoms with Crippen LogP contribution in [0.2, 0.25) is 0 Å². The lowest BCUT2D eigenvalue weighted by molar-refractivity contribution is -0.157. The first-order valence-electron chi connectivity index (χ1n) is 13.4. The fourth-order valence-electron chi connectivity index (χ4n) is 5.42. The summed E-state index contributed by atoms with van der Waals surface area (Å²) in [6.07, 6.45) is -9.11. The number of fused-ring (bicyclic) bond motifs is 1. The summed E-state index contributed by atoms with van der Waals surface area (Å²) < 4.78 is 28.2. The Bertz CT molecular complexity index is 1300. The quantitative estimate of drug-likeness (QED) is 0.179. The highest BCUT2D eigenvalue weighted by Gasteiger charge is 2.49. The van der Waals surface area contributed by atoms with Crippen molar-refractivity contribution in [1.29, 1.82) is 0 Å². The molecule has 5 rings (SSSR count). The van der Waals surface area contributed by atoms with Crippen LogP contribution in [0.25, 0.3) is 0 Å². The van der Waals surface area contributed by atoms with Gasteiger partial charge in [0, 0.05) is 24.7 Å². The number of aliphatic hydroxyl groups is 7. The van der Waals surface area contributed by atoms with Crippen LogP contribution in [0, 0.1) is 5.92 Å². The first-order chi connectivity index (χ1) is 20.0. The molecule has 2 aromatic carbocycles. The number of phenols is 1. The Kier molecular flexibility index (Phi) is 8.51. The van der Waals surface area contributed by atoms with Crippen molar-refractivity contribution in [3.05, 3.63) is 41.5 Å². The molecule has 14 nitrogen and oxygen atoms in total. The number of rotatable bonds is 8. The van der Waals surface area contributed by atoms with Crippen molar-refractivity contribution < 1.29 is 69.3 Å². The van der Waals surface area contributed by atoms with E-state index in [0.29, 0.717) is 5.56 Å². The fraction of sp³-hybridized carbons (Fsp3) is 0.536. The molecule has 0 unspecified atom stereocenters. The van der Waals surface area contributed by atoms with E-state index in [1.807, 2.05) is 0 Å². The number of benzene rings is 2. The number of hydrogen-bond donors (Lipinski definition) is 8. The number of methoxy groups -OCH3 is 1. The van der Waals surface area contributed by atoms with Crippen molar-refractivity contribution >= 4 is 5.78 Å². The molecule has 1 saturated heterocycles. The molecule has 42 heavy (non-hydrogen) atoms. The lowest BCUT2D eigenvalue weighted by Crippen LogP contribution is -2.56. The fourth-order valence-corrected chi connectivity index (χ4v) is 5.42. The van der Waals surface area contributed by atoms with E-state index >= 15 is 0 Å². The highest BCUT2D eigenvalue weighted by atomic mass is 16.7. The summed E-state index contributed by atoms with van der Waals surface area (Å²) in [6.45, 7) is -1.50. The zero-order valence-corrected chi connectivity index (χ0v) is 22.6. The molecule has 2 aliphatic heterocycles. The zero-order valence-electron chi connectivity index (χ0n) is 22.6. The van der Waals surface area contributed by atoms with Crippen LogP contribution in [0.4, 0.5) is 0 Å². The van der Waals surface area contributed by atoms with Crippen molar-refractivity contribution in [2.24, 2.45) is 5.92 Å². The lowest BCUT2D eigenvalue weighted by Gasteiger charge is -2.39. The molecule has 9 atom stereocenters. The number of carbonyl (C=O) groups is 1. The molecule has 2 fully saturated rings. The highest BCUT2D eigenvalue weighted by Crippen LogP contribution is 2.44. The molecule has 0 radical (unpaired) electrons. The normalized spacial score (nSPS) is 34.4. The van der Waals surface area contributed by atoms with Gasteiger partial charge in [-0.05, 0) is 24.1 Å². The van der Waals surface area contributed by atoms with E-state index in [0.717, 1.165) is 0 Å². The monoisotopic (exact) mass is 594 g/mol. The van der Waals surface area contributed by atoms with Crippen molar-refractivity contribution in [2.45, 2.75) is 61.4 Å². The van der Waals surface area contributed by atoms with Gasteiger partial charge in [0.05, 0.1) is 32.8 Å². The summed E-state index contributed by atoms with van der Waals surface area (Å²) in [5.41, 5.74) is -1.41. The Morgan fingerprint density at radius 2 is 1.76 bits per heavy atom. The maximum atomic E-state index is 13.0. The molecule has 1 aliphatic carbocycles. The van der Waals surface area contributed by atoms with Crippen LogP contribution >= 0.6 is 0 Å². The molecule has 3 aliphatic rings. The third-order valence-electron chi connectivity index (χ3n) is 7.98. The molecule has 0 amide bonds. The molecule has 8 N–H and O–H groups in total. The van der Waals surface area contributed by atoms with Crippen molar-refractivity contribution in [3.63, 3.8) is 0 Å². The average molecular weight is 595 g/mol. The maximum Gasteiger partial charge on any atom is 0.229 e. The van der Waals surface area contributed by atoms with Crippen LogP contribution in [0.1, 0.15) is 34.9 Å². The highest BCUT2D eigenvalue weighted by molar-refractivity contribution is 6.02. The minimum absolute atomic E-state index is 0.0147. The first-order valence-corrected chi connectivity index (χ1v) is 13.4. The van der Waals surface area contributed by atoms with Gasteiger partial charge in [0.25, 0.3) is 0 Å².